The maximum Gasteiger partial charge on any atom is -0.000355 e. The predicted molar refractivity (Wildman–Crippen MR) is 71.0 cm³/mol. The third-order valence-electron chi connectivity index (χ3n) is 4.19. The maximum absolute atomic E-state index is 2.39. The first-order valence-electron chi connectivity index (χ1n) is 6.16. The second kappa shape index (κ2) is 3.76. The zero-order valence-corrected chi connectivity index (χ0v) is 11.1. The lowest BCUT2D eigenvalue weighted by atomic mass is 9.78. The Morgan fingerprint density at radius 3 is 2.00 bits per heavy atom. The number of hydrogen-bond acceptors (Lipinski definition) is 0. The van der Waals surface area contributed by atoms with E-state index in [0.29, 0.717) is 5.41 Å². The zero-order valence-electron chi connectivity index (χ0n) is 11.1. The van der Waals surface area contributed by atoms with Gasteiger partial charge in [0.1, 0.15) is 0 Å². The molecule has 1 aliphatic carbocycles. The molecule has 0 fully saturated rings. The summed E-state index contributed by atoms with van der Waals surface area (Å²) < 4.78 is 0. The summed E-state index contributed by atoms with van der Waals surface area (Å²) in [6, 6.07) is 4.77. The van der Waals surface area contributed by atoms with Gasteiger partial charge in [0.05, 0.1) is 0 Å². The van der Waals surface area contributed by atoms with E-state index >= 15 is 0 Å². The molecule has 0 amide bonds. The first-order chi connectivity index (χ1) is 7.42. The Kier molecular flexibility index (Phi) is 2.69. The van der Waals surface area contributed by atoms with Crippen molar-refractivity contribution in [3.05, 3.63) is 46.0 Å². The van der Waals surface area contributed by atoms with E-state index in [4.69, 9.17) is 0 Å². The number of aryl methyl sites for hydroxylation is 2. The second-order valence-electron chi connectivity index (χ2n) is 5.73. The topological polar surface area (TPSA) is 0 Å². The zero-order chi connectivity index (χ0) is 11.9. The molecule has 86 valence electrons. The van der Waals surface area contributed by atoms with Crippen LogP contribution in [0.2, 0.25) is 0 Å². The van der Waals surface area contributed by atoms with E-state index in [2.05, 4.69) is 52.8 Å². The summed E-state index contributed by atoms with van der Waals surface area (Å²) >= 11 is 0. The standard InChI is InChI=1S/C16H22/c1-11-6-7-16(5,10-11)15-8-12(2)14(4)13(3)9-15/h6,8-9H,7,10H2,1-5H3. The van der Waals surface area contributed by atoms with Gasteiger partial charge < -0.3 is 0 Å². The first-order valence-corrected chi connectivity index (χ1v) is 6.16. The van der Waals surface area contributed by atoms with Crippen LogP contribution in [0.4, 0.5) is 0 Å². The minimum absolute atomic E-state index is 0.341. The van der Waals surface area contributed by atoms with Crippen molar-refractivity contribution in [2.75, 3.05) is 0 Å². The van der Waals surface area contributed by atoms with Crippen molar-refractivity contribution in [2.24, 2.45) is 0 Å². The molecule has 0 heterocycles. The van der Waals surface area contributed by atoms with Gasteiger partial charge in [-0.05, 0) is 68.2 Å². The lowest BCUT2D eigenvalue weighted by molar-refractivity contribution is 0.503. The van der Waals surface area contributed by atoms with Gasteiger partial charge in [0.2, 0.25) is 0 Å². The summed E-state index contributed by atoms with van der Waals surface area (Å²) in [5.41, 5.74) is 7.70. The molecule has 0 N–H and O–H groups in total. The van der Waals surface area contributed by atoms with Crippen molar-refractivity contribution in [3.63, 3.8) is 0 Å². The number of allylic oxidation sites excluding steroid dienone is 2. The molecule has 16 heavy (non-hydrogen) atoms. The molecule has 0 nitrogen and oxygen atoms in total. The van der Waals surface area contributed by atoms with Crippen molar-refractivity contribution in [2.45, 2.75) is 52.9 Å². The van der Waals surface area contributed by atoms with E-state index in [0.717, 1.165) is 0 Å². The third kappa shape index (κ3) is 1.81. The van der Waals surface area contributed by atoms with Crippen molar-refractivity contribution in [3.8, 4) is 0 Å². The Morgan fingerprint density at radius 2 is 1.56 bits per heavy atom. The highest BCUT2D eigenvalue weighted by molar-refractivity contribution is 5.42. The summed E-state index contributed by atoms with van der Waals surface area (Å²) in [5, 5.41) is 0. The van der Waals surface area contributed by atoms with Gasteiger partial charge in [0.15, 0.2) is 0 Å². The van der Waals surface area contributed by atoms with E-state index in [1.165, 1.54) is 35.1 Å². The van der Waals surface area contributed by atoms with Gasteiger partial charge in [-0.3, -0.25) is 0 Å². The number of rotatable bonds is 1. The fraction of sp³-hybridized carbons (Fsp3) is 0.500. The largest absolute Gasteiger partial charge is 0.0847 e. The van der Waals surface area contributed by atoms with Gasteiger partial charge in [-0.25, -0.2) is 0 Å². The molecule has 0 radical (unpaired) electrons. The molecule has 1 atom stereocenters. The molecule has 1 aromatic rings. The molecule has 1 unspecified atom stereocenters. The third-order valence-corrected chi connectivity index (χ3v) is 4.19. The highest BCUT2D eigenvalue weighted by atomic mass is 14.3. The van der Waals surface area contributed by atoms with E-state index in [1.807, 2.05) is 0 Å². The van der Waals surface area contributed by atoms with Crippen molar-refractivity contribution >= 4 is 0 Å². The molecule has 2 rings (SSSR count). The lowest BCUT2D eigenvalue weighted by Crippen LogP contribution is -2.18. The van der Waals surface area contributed by atoms with Gasteiger partial charge in [-0.15, -0.1) is 0 Å². The fourth-order valence-corrected chi connectivity index (χ4v) is 2.76. The SMILES string of the molecule is CC1=CCC(C)(c2cc(C)c(C)c(C)c2)C1. The van der Waals surface area contributed by atoms with Crippen LogP contribution in [0.15, 0.2) is 23.8 Å². The monoisotopic (exact) mass is 214 g/mol. The molecule has 0 heteroatoms. The molecule has 0 bridgehead atoms. The van der Waals surface area contributed by atoms with Crippen LogP contribution < -0.4 is 0 Å². The summed E-state index contributed by atoms with van der Waals surface area (Å²) in [5.74, 6) is 0. The smallest absolute Gasteiger partial charge is 0.000355 e. The van der Waals surface area contributed by atoms with Gasteiger partial charge >= 0.3 is 0 Å². The van der Waals surface area contributed by atoms with Crippen molar-refractivity contribution < 1.29 is 0 Å². The molecule has 0 spiro atoms. The highest BCUT2D eigenvalue weighted by Crippen LogP contribution is 2.40. The Bertz CT molecular complexity index is 428. The molecule has 1 aliphatic rings. The summed E-state index contributed by atoms with van der Waals surface area (Å²) in [6.07, 6.45) is 4.81. The average molecular weight is 214 g/mol. The van der Waals surface area contributed by atoms with Gasteiger partial charge in [-0.1, -0.05) is 30.7 Å². The minimum Gasteiger partial charge on any atom is -0.0847 e. The number of hydrogen-bond donors (Lipinski definition) is 0. The highest BCUT2D eigenvalue weighted by Gasteiger charge is 2.30. The Labute approximate surface area is 99.4 Å². The van der Waals surface area contributed by atoms with Crippen LogP contribution in [-0.2, 0) is 5.41 Å². The predicted octanol–water partition coefficient (Wildman–Crippen LogP) is 4.61. The fourth-order valence-electron chi connectivity index (χ4n) is 2.76. The number of benzene rings is 1. The summed E-state index contributed by atoms with van der Waals surface area (Å²) in [7, 11) is 0. The van der Waals surface area contributed by atoms with Crippen LogP contribution in [0.25, 0.3) is 0 Å². The molecule has 0 saturated carbocycles. The minimum atomic E-state index is 0.341. The molecule has 1 aromatic carbocycles. The van der Waals surface area contributed by atoms with Crippen LogP contribution in [0.1, 0.15) is 48.9 Å². The first kappa shape index (κ1) is 11.4. The van der Waals surface area contributed by atoms with E-state index in [1.54, 1.807) is 5.57 Å². The molecule has 0 aromatic heterocycles. The average Bonchev–Trinajstić information content (AvgIpc) is 2.56. The quantitative estimate of drug-likeness (QED) is 0.599. The molecular formula is C16H22. The molecular weight excluding hydrogens is 192 g/mol. The van der Waals surface area contributed by atoms with Crippen LogP contribution in [0.3, 0.4) is 0 Å². The van der Waals surface area contributed by atoms with Crippen molar-refractivity contribution in [1.29, 1.82) is 0 Å². The Balaban J connectivity index is 2.42. The van der Waals surface area contributed by atoms with Crippen LogP contribution in [-0.4, -0.2) is 0 Å². The molecule has 0 saturated heterocycles. The Hall–Kier alpha value is -1.04. The summed E-state index contributed by atoms with van der Waals surface area (Å²) in [6.45, 7) is 11.3. The normalized spacial score (nSPS) is 24.7. The van der Waals surface area contributed by atoms with Gasteiger partial charge in [0, 0.05) is 0 Å². The van der Waals surface area contributed by atoms with E-state index in [-0.39, 0.29) is 0 Å². The lowest BCUT2D eigenvalue weighted by Gasteiger charge is -2.26. The van der Waals surface area contributed by atoms with E-state index in [9.17, 15) is 0 Å². The summed E-state index contributed by atoms with van der Waals surface area (Å²) in [4.78, 5) is 0. The van der Waals surface area contributed by atoms with Crippen LogP contribution in [0, 0.1) is 20.8 Å². The van der Waals surface area contributed by atoms with Gasteiger partial charge in [0.25, 0.3) is 0 Å². The second-order valence-corrected chi connectivity index (χ2v) is 5.73. The Morgan fingerprint density at radius 1 is 1.00 bits per heavy atom. The maximum atomic E-state index is 2.39. The van der Waals surface area contributed by atoms with Gasteiger partial charge in [-0.2, -0.15) is 0 Å². The van der Waals surface area contributed by atoms with Crippen LogP contribution >= 0.6 is 0 Å². The molecule has 0 aliphatic heterocycles. The van der Waals surface area contributed by atoms with Crippen LogP contribution in [0.5, 0.6) is 0 Å². The van der Waals surface area contributed by atoms with Crippen molar-refractivity contribution in [1.82, 2.24) is 0 Å². The van der Waals surface area contributed by atoms with E-state index < -0.39 is 0 Å².